The van der Waals surface area contributed by atoms with E-state index < -0.39 is 0 Å². The molecule has 0 radical (unpaired) electrons. The molecule has 26 heavy (non-hydrogen) atoms. The number of fused-ring (bicyclic) bond motifs is 1. The second-order valence-electron chi connectivity index (χ2n) is 7.06. The predicted octanol–water partition coefficient (Wildman–Crippen LogP) is 4.34. The van der Waals surface area contributed by atoms with Gasteiger partial charge < -0.3 is 14.8 Å². The zero-order valence-corrected chi connectivity index (χ0v) is 16.3. The molecule has 1 saturated carbocycles. The molecule has 1 heterocycles. The number of carbonyl (C=O) groups is 1. The van der Waals surface area contributed by atoms with E-state index in [1.807, 2.05) is 12.1 Å². The molecule has 1 fully saturated rings. The molecule has 2 aromatic carbocycles. The van der Waals surface area contributed by atoms with Gasteiger partial charge in [-0.1, -0.05) is 45.8 Å². The first kappa shape index (κ1) is 17.4. The Kier molecular flexibility index (Phi) is 4.90. The zero-order valence-electron chi connectivity index (χ0n) is 14.8. The molecule has 136 valence electrons. The van der Waals surface area contributed by atoms with Crippen LogP contribution in [0.3, 0.4) is 0 Å². The standard InChI is InChI=1S/C21H22BrNO3/c1-13-2-4-14(5-3-13)21(15-6-7-15)23-20(24)11-16-10-18-19(12-17(16)22)26-9-8-25-18/h2-5,10,12,15,21H,6-9,11H2,1H3,(H,23,24). The topological polar surface area (TPSA) is 47.6 Å². The highest BCUT2D eigenvalue weighted by Gasteiger charge is 2.33. The van der Waals surface area contributed by atoms with Crippen LogP contribution in [0.1, 0.15) is 35.6 Å². The smallest absolute Gasteiger partial charge is 0.224 e. The Labute approximate surface area is 162 Å². The lowest BCUT2D eigenvalue weighted by Gasteiger charge is -2.21. The van der Waals surface area contributed by atoms with Crippen LogP contribution < -0.4 is 14.8 Å². The van der Waals surface area contributed by atoms with Crippen LogP contribution >= 0.6 is 15.9 Å². The number of nitrogens with one attached hydrogen (secondary N) is 1. The molecule has 1 atom stereocenters. The van der Waals surface area contributed by atoms with Crippen molar-refractivity contribution < 1.29 is 14.3 Å². The van der Waals surface area contributed by atoms with Crippen molar-refractivity contribution in [2.75, 3.05) is 13.2 Å². The van der Waals surface area contributed by atoms with Crippen LogP contribution in [-0.4, -0.2) is 19.1 Å². The average molecular weight is 416 g/mol. The number of halogens is 1. The summed E-state index contributed by atoms with van der Waals surface area (Å²) in [5.41, 5.74) is 3.33. The highest BCUT2D eigenvalue weighted by molar-refractivity contribution is 9.10. The lowest BCUT2D eigenvalue weighted by atomic mass is 10.0. The largest absolute Gasteiger partial charge is 0.486 e. The predicted molar refractivity (Wildman–Crippen MR) is 104 cm³/mol. The maximum atomic E-state index is 12.7. The monoisotopic (exact) mass is 415 g/mol. The van der Waals surface area contributed by atoms with Crippen molar-refractivity contribution >= 4 is 21.8 Å². The number of aryl methyl sites for hydroxylation is 1. The Morgan fingerprint density at radius 2 is 1.81 bits per heavy atom. The van der Waals surface area contributed by atoms with Crippen LogP contribution in [-0.2, 0) is 11.2 Å². The van der Waals surface area contributed by atoms with Crippen molar-refractivity contribution in [3.8, 4) is 11.5 Å². The molecule has 1 aliphatic carbocycles. The van der Waals surface area contributed by atoms with Crippen LogP contribution in [0.4, 0.5) is 0 Å². The van der Waals surface area contributed by atoms with Gasteiger partial charge in [-0.25, -0.2) is 0 Å². The average Bonchev–Trinajstić information content (AvgIpc) is 3.46. The third-order valence-corrected chi connectivity index (χ3v) is 5.65. The van der Waals surface area contributed by atoms with Gasteiger partial charge in [-0.2, -0.15) is 0 Å². The molecule has 1 N–H and O–H groups in total. The van der Waals surface area contributed by atoms with E-state index in [4.69, 9.17) is 9.47 Å². The van der Waals surface area contributed by atoms with E-state index in [9.17, 15) is 4.79 Å². The van der Waals surface area contributed by atoms with Gasteiger partial charge in [-0.15, -0.1) is 0 Å². The maximum absolute atomic E-state index is 12.7. The Bertz CT molecular complexity index is 815. The second-order valence-corrected chi connectivity index (χ2v) is 7.91. The number of hydrogen-bond donors (Lipinski definition) is 1. The van der Waals surface area contributed by atoms with Gasteiger partial charge in [0.15, 0.2) is 11.5 Å². The molecule has 0 spiro atoms. The fourth-order valence-corrected chi connectivity index (χ4v) is 3.78. The van der Waals surface area contributed by atoms with Crippen molar-refractivity contribution in [3.05, 3.63) is 57.6 Å². The van der Waals surface area contributed by atoms with E-state index >= 15 is 0 Å². The van der Waals surface area contributed by atoms with E-state index in [0.717, 1.165) is 15.8 Å². The van der Waals surface area contributed by atoms with Crippen LogP contribution in [0.15, 0.2) is 40.9 Å². The molecule has 0 aromatic heterocycles. The van der Waals surface area contributed by atoms with Gasteiger partial charge in [0.2, 0.25) is 5.91 Å². The van der Waals surface area contributed by atoms with Gasteiger partial charge in [0.25, 0.3) is 0 Å². The molecular weight excluding hydrogens is 394 g/mol. The van der Waals surface area contributed by atoms with Crippen molar-refractivity contribution in [2.45, 2.75) is 32.2 Å². The molecule has 1 unspecified atom stereocenters. The van der Waals surface area contributed by atoms with Crippen LogP contribution in [0.25, 0.3) is 0 Å². The Balaban J connectivity index is 1.48. The number of ether oxygens (including phenoxy) is 2. The molecule has 1 aliphatic heterocycles. The number of rotatable bonds is 5. The molecule has 4 rings (SSSR count). The van der Waals surface area contributed by atoms with Gasteiger partial charge >= 0.3 is 0 Å². The molecule has 2 aromatic rings. The quantitative estimate of drug-likeness (QED) is 0.789. The van der Waals surface area contributed by atoms with E-state index in [1.165, 1.54) is 24.0 Å². The fraction of sp³-hybridized carbons (Fsp3) is 0.381. The summed E-state index contributed by atoms with van der Waals surface area (Å²) in [6.45, 7) is 3.17. The summed E-state index contributed by atoms with van der Waals surface area (Å²) in [4.78, 5) is 12.7. The van der Waals surface area contributed by atoms with Crippen LogP contribution in [0.2, 0.25) is 0 Å². The summed E-state index contributed by atoms with van der Waals surface area (Å²) < 4.78 is 12.1. The summed E-state index contributed by atoms with van der Waals surface area (Å²) in [5.74, 6) is 2.01. The molecule has 2 aliphatic rings. The molecule has 5 heteroatoms. The molecule has 0 saturated heterocycles. The first-order chi connectivity index (χ1) is 12.6. The van der Waals surface area contributed by atoms with Crippen molar-refractivity contribution in [2.24, 2.45) is 5.92 Å². The lowest BCUT2D eigenvalue weighted by molar-refractivity contribution is -0.121. The minimum Gasteiger partial charge on any atom is -0.486 e. The molecule has 0 bridgehead atoms. The van der Waals surface area contributed by atoms with Gasteiger partial charge in [-0.3, -0.25) is 4.79 Å². The van der Waals surface area contributed by atoms with Crippen LogP contribution in [0, 0.1) is 12.8 Å². The number of amides is 1. The number of hydrogen-bond acceptors (Lipinski definition) is 3. The summed E-state index contributed by atoms with van der Waals surface area (Å²) in [7, 11) is 0. The van der Waals surface area contributed by atoms with E-state index in [-0.39, 0.29) is 11.9 Å². The first-order valence-corrected chi connectivity index (χ1v) is 9.83. The highest BCUT2D eigenvalue weighted by atomic mass is 79.9. The summed E-state index contributed by atoms with van der Waals surface area (Å²) in [5, 5.41) is 3.24. The van der Waals surface area contributed by atoms with E-state index in [2.05, 4.69) is 52.4 Å². The van der Waals surface area contributed by atoms with Crippen molar-refractivity contribution in [1.82, 2.24) is 5.32 Å². The SMILES string of the molecule is Cc1ccc(C(NC(=O)Cc2cc3c(cc2Br)OCCO3)C2CC2)cc1. The number of benzene rings is 2. The fourth-order valence-electron chi connectivity index (χ4n) is 3.32. The second kappa shape index (κ2) is 7.31. The summed E-state index contributed by atoms with van der Waals surface area (Å²) >= 11 is 3.55. The zero-order chi connectivity index (χ0) is 18.1. The molecular formula is C21H22BrNO3. The van der Waals surface area contributed by atoms with Crippen molar-refractivity contribution in [1.29, 1.82) is 0 Å². The van der Waals surface area contributed by atoms with Gasteiger partial charge in [0.1, 0.15) is 13.2 Å². The normalized spacial score (nSPS) is 16.8. The maximum Gasteiger partial charge on any atom is 0.224 e. The van der Waals surface area contributed by atoms with E-state index in [1.54, 1.807) is 0 Å². The summed E-state index contributed by atoms with van der Waals surface area (Å²) in [6.07, 6.45) is 2.66. The van der Waals surface area contributed by atoms with E-state index in [0.29, 0.717) is 31.3 Å². The van der Waals surface area contributed by atoms with Crippen molar-refractivity contribution in [3.63, 3.8) is 0 Å². The lowest BCUT2D eigenvalue weighted by Crippen LogP contribution is -2.31. The van der Waals surface area contributed by atoms with Gasteiger partial charge in [0, 0.05) is 4.47 Å². The summed E-state index contributed by atoms with van der Waals surface area (Å²) in [6, 6.07) is 12.3. The Morgan fingerprint density at radius 1 is 1.15 bits per heavy atom. The minimum atomic E-state index is 0.0276. The van der Waals surface area contributed by atoms with Gasteiger partial charge in [-0.05, 0) is 48.9 Å². The number of carbonyl (C=O) groups excluding carboxylic acids is 1. The minimum absolute atomic E-state index is 0.0276. The third-order valence-electron chi connectivity index (χ3n) is 4.91. The van der Waals surface area contributed by atoms with Gasteiger partial charge in [0.05, 0.1) is 12.5 Å². The first-order valence-electron chi connectivity index (χ1n) is 9.04. The Hall–Kier alpha value is -2.01. The Morgan fingerprint density at radius 3 is 2.46 bits per heavy atom. The van der Waals surface area contributed by atoms with Crippen LogP contribution in [0.5, 0.6) is 11.5 Å². The molecule has 4 nitrogen and oxygen atoms in total. The highest BCUT2D eigenvalue weighted by Crippen LogP contribution is 2.41. The molecule has 1 amide bonds. The third kappa shape index (κ3) is 3.88.